The van der Waals surface area contributed by atoms with Gasteiger partial charge in [0.15, 0.2) is 0 Å². The maximum Gasteiger partial charge on any atom is 0.258 e. The van der Waals surface area contributed by atoms with Crippen LogP contribution in [0.2, 0.25) is 0 Å². The summed E-state index contributed by atoms with van der Waals surface area (Å²) in [5, 5.41) is 4.38. The first-order valence-electron chi connectivity index (χ1n) is 11.2. The van der Waals surface area contributed by atoms with Gasteiger partial charge in [0.05, 0.1) is 23.5 Å². The molecule has 168 valence electrons. The van der Waals surface area contributed by atoms with Crippen LogP contribution in [0.1, 0.15) is 76.7 Å². The van der Waals surface area contributed by atoms with Crippen LogP contribution in [0, 0.1) is 0 Å². The lowest BCUT2D eigenvalue weighted by Crippen LogP contribution is -2.35. The van der Waals surface area contributed by atoms with Crippen molar-refractivity contribution in [3.05, 3.63) is 69.2 Å². The first kappa shape index (κ1) is 22.3. The summed E-state index contributed by atoms with van der Waals surface area (Å²) in [6, 6.07) is 10.1. The number of hydrogen-bond acceptors (Lipinski definition) is 4. The standard InChI is InChI=1S/C25H30N4O2S/c1-4-28-14-17(13-27-28)15-29(19-10-8-18(9-11-19)16(2)3)25(31)20-6-5-7-22-21(20)12-23(32-22)24(26)30/h8-14,16,20H,4-7,15H2,1-3H3,(H2,26,30). The molecule has 4 rings (SSSR count). The van der Waals surface area contributed by atoms with Crippen LogP contribution in [-0.2, 0) is 24.3 Å². The summed E-state index contributed by atoms with van der Waals surface area (Å²) in [4.78, 5) is 29.2. The molecular formula is C25H30N4O2S. The van der Waals surface area contributed by atoms with Crippen LogP contribution in [0.15, 0.2) is 42.7 Å². The zero-order chi connectivity index (χ0) is 22.8. The van der Waals surface area contributed by atoms with E-state index in [0.717, 1.165) is 47.5 Å². The topological polar surface area (TPSA) is 81.2 Å². The highest BCUT2D eigenvalue weighted by atomic mass is 32.1. The van der Waals surface area contributed by atoms with E-state index in [-0.39, 0.29) is 11.8 Å². The molecule has 0 radical (unpaired) electrons. The van der Waals surface area contributed by atoms with E-state index < -0.39 is 5.91 Å². The summed E-state index contributed by atoms with van der Waals surface area (Å²) in [7, 11) is 0. The van der Waals surface area contributed by atoms with Gasteiger partial charge in [0.25, 0.3) is 5.91 Å². The van der Waals surface area contributed by atoms with Crippen molar-refractivity contribution in [2.24, 2.45) is 5.73 Å². The molecule has 7 heteroatoms. The van der Waals surface area contributed by atoms with E-state index in [2.05, 4.69) is 31.1 Å². The summed E-state index contributed by atoms with van der Waals surface area (Å²) in [6.45, 7) is 7.61. The monoisotopic (exact) mass is 450 g/mol. The lowest BCUT2D eigenvalue weighted by atomic mass is 9.86. The van der Waals surface area contributed by atoms with Gasteiger partial charge >= 0.3 is 0 Å². The number of nitrogens with two attached hydrogens (primary N) is 1. The average Bonchev–Trinajstić information content (AvgIpc) is 3.43. The Morgan fingerprint density at radius 2 is 2.03 bits per heavy atom. The number of amides is 2. The Hall–Kier alpha value is -2.93. The summed E-state index contributed by atoms with van der Waals surface area (Å²) in [6.07, 6.45) is 6.41. The highest BCUT2D eigenvalue weighted by Gasteiger charge is 2.33. The number of primary amides is 1. The molecule has 2 amide bonds. The van der Waals surface area contributed by atoms with Crippen LogP contribution in [0.5, 0.6) is 0 Å². The number of hydrogen-bond donors (Lipinski definition) is 1. The minimum absolute atomic E-state index is 0.0568. The maximum atomic E-state index is 13.9. The second kappa shape index (κ2) is 9.28. The highest BCUT2D eigenvalue weighted by Crippen LogP contribution is 2.39. The summed E-state index contributed by atoms with van der Waals surface area (Å²) < 4.78 is 1.87. The largest absolute Gasteiger partial charge is 0.365 e. The van der Waals surface area contributed by atoms with Gasteiger partial charge in [-0.1, -0.05) is 26.0 Å². The molecule has 32 heavy (non-hydrogen) atoms. The van der Waals surface area contributed by atoms with Gasteiger partial charge in [-0.05, 0) is 61.4 Å². The van der Waals surface area contributed by atoms with Gasteiger partial charge in [-0.2, -0.15) is 5.10 Å². The van der Waals surface area contributed by atoms with Crippen molar-refractivity contribution in [3.8, 4) is 0 Å². The zero-order valence-corrected chi connectivity index (χ0v) is 19.7. The van der Waals surface area contributed by atoms with Gasteiger partial charge in [0.2, 0.25) is 5.91 Å². The molecule has 0 saturated carbocycles. The lowest BCUT2D eigenvalue weighted by Gasteiger charge is -2.30. The van der Waals surface area contributed by atoms with Gasteiger partial charge in [0.1, 0.15) is 0 Å². The highest BCUT2D eigenvalue weighted by molar-refractivity contribution is 7.14. The molecule has 0 bridgehead atoms. The van der Waals surface area contributed by atoms with Crippen molar-refractivity contribution < 1.29 is 9.59 Å². The molecular weight excluding hydrogens is 420 g/mol. The van der Waals surface area contributed by atoms with Crippen LogP contribution >= 0.6 is 11.3 Å². The molecule has 1 aromatic carbocycles. The molecule has 0 saturated heterocycles. The van der Waals surface area contributed by atoms with E-state index in [1.165, 1.54) is 16.9 Å². The number of nitrogens with zero attached hydrogens (tertiary/aromatic N) is 3. The van der Waals surface area contributed by atoms with Crippen LogP contribution in [0.4, 0.5) is 5.69 Å². The summed E-state index contributed by atoms with van der Waals surface area (Å²) in [5.74, 6) is -0.214. The smallest absolute Gasteiger partial charge is 0.258 e. The molecule has 0 spiro atoms. The molecule has 1 aliphatic rings. The number of carbonyl (C=O) groups is 2. The van der Waals surface area contributed by atoms with Crippen molar-refractivity contribution in [2.75, 3.05) is 4.90 Å². The number of thiophene rings is 1. The SMILES string of the molecule is CCn1cc(CN(C(=O)C2CCCc3sc(C(N)=O)cc32)c2ccc(C(C)C)cc2)cn1. The second-order valence-electron chi connectivity index (χ2n) is 8.67. The Kier molecular flexibility index (Phi) is 6.46. The van der Waals surface area contributed by atoms with Crippen LogP contribution in [-0.4, -0.2) is 21.6 Å². The van der Waals surface area contributed by atoms with Gasteiger partial charge in [-0.15, -0.1) is 11.3 Å². The Bertz CT molecular complexity index is 1110. The maximum absolute atomic E-state index is 13.9. The second-order valence-corrected chi connectivity index (χ2v) is 9.81. The first-order chi connectivity index (χ1) is 15.4. The van der Waals surface area contributed by atoms with Gasteiger partial charge in [-0.25, -0.2) is 0 Å². The number of aromatic nitrogens is 2. The van der Waals surface area contributed by atoms with E-state index in [9.17, 15) is 9.59 Å². The van der Waals surface area contributed by atoms with Gasteiger partial charge in [-0.3, -0.25) is 14.3 Å². The fourth-order valence-corrected chi connectivity index (χ4v) is 5.42. The number of benzene rings is 1. The van der Waals surface area contributed by atoms with Crippen LogP contribution < -0.4 is 10.6 Å². The number of rotatable bonds is 7. The number of fused-ring (bicyclic) bond motifs is 1. The Morgan fingerprint density at radius 1 is 1.28 bits per heavy atom. The molecule has 2 heterocycles. The third kappa shape index (κ3) is 4.48. The van der Waals surface area contributed by atoms with Crippen molar-refractivity contribution in [1.29, 1.82) is 0 Å². The number of anilines is 1. The predicted molar refractivity (Wildman–Crippen MR) is 128 cm³/mol. The van der Waals surface area contributed by atoms with E-state index in [1.54, 1.807) is 0 Å². The fourth-order valence-electron chi connectivity index (χ4n) is 4.30. The average molecular weight is 451 g/mol. The van der Waals surface area contributed by atoms with Crippen molar-refractivity contribution in [2.45, 2.75) is 65.0 Å². The normalized spacial score (nSPS) is 15.6. The quantitative estimate of drug-likeness (QED) is 0.559. The molecule has 0 fully saturated rings. The Labute approximate surface area is 193 Å². The van der Waals surface area contributed by atoms with E-state index in [1.807, 2.05) is 47.1 Å². The minimum Gasteiger partial charge on any atom is -0.365 e. The molecule has 2 aromatic heterocycles. The van der Waals surface area contributed by atoms with Crippen molar-refractivity contribution in [3.63, 3.8) is 0 Å². The van der Waals surface area contributed by atoms with Gasteiger partial charge in [0, 0.05) is 28.9 Å². The van der Waals surface area contributed by atoms with Crippen LogP contribution in [0.3, 0.4) is 0 Å². The van der Waals surface area contributed by atoms with E-state index >= 15 is 0 Å². The van der Waals surface area contributed by atoms with Gasteiger partial charge < -0.3 is 10.6 Å². The van der Waals surface area contributed by atoms with E-state index in [0.29, 0.717) is 17.3 Å². The Morgan fingerprint density at radius 3 is 2.66 bits per heavy atom. The minimum atomic E-state index is -0.427. The molecule has 0 aliphatic heterocycles. The first-order valence-corrected chi connectivity index (χ1v) is 12.0. The third-order valence-corrected chi connectivity index (χ3v) is 7.37. The summed E-state index contributed by atoms with van der Waals surface area (Å²) >= 11 is 1.43. The molecule has 1 atom stereocenters. The predicted octanol–water partition coefficient (Wildman–Crippen LogP) is 4.84. The number of aryl methyl sites for hydroxylation is 2. The summed E-state index contributed by atoms with van der Waals surface area (Å²) in [5.41, 5.74) is 9.60. The molecule has 3 aromatic rings. The fraction of sp³-hybridized carbons (Fsp3) is 0.400. The molecule has 2 N–H and O–H groups in total. The molecule has 1 unspecified atom stereocenters. The molecule has 6 nitrogen and oxygen atoms in total. The number of carbonyl (C=O) groups excluding carboxylic acids is 2. The van der Waals surface area contributed by atoms with Crippen LogP contribution in [0.25, 0.3) is 0 Å². The third-order valence-electron chi connectivity index (χ3n) is 6.14. The molecule has 1 aliphatic carbocycles. The van der Waals surface area contributed by atoms with Crippen molar-refractivity contribution in [1.82, 2.24) is 9.78 Å². The lowest BCUT2D eigenvalue weighted by molar-refractivity contribution is -0.120. The van der Waals surface area contributed by atoms with E-state index in [4.69, 9.17) is 5.73 Å². The van der Waals surface area contributed by atoms with Crippen molar-refractivity contribution >= 4 is 28.8 Å². The Balaban J connectivity index is 1.69. The zero-order valence-electron chi connectivity index (χ0n) is 18.9.